The summed E-state index contributed by atoms with van der Waals surface area (Å²) in [5, 5.41) is 0. The maximum absolute atomic E-state index is 13.9. The van der Waals surface area contributed by atoms with Crippen LogP contribution < -0.4 is 0 Å². The Balaban J connectivity index is 5.97. The van der Waals surface area contributed by atoms with Crippen molar-refractivity contribution in [3.05, 3.63) is 0 Å². The fourth-order valence-electron chi connectivity index (χ4n) is 2.22. The Kier molecular flexibility index (Phi) is 6.86. The summed E-state index contributed by atoms with van der Waals surface area (Å²) in [7, 11) is 0. The van der Waals surface area contributed by atoms with Gasteiger partial charge < -0.3 is 0 Å². The summed E-state index contributed by atoms with van der Waals surface area (Å²) in [5.41, 5.74) is -6.60. The topological polar surface area (TPSA) is 0 Å². The van der Waals surface area contributed by atoms with E-state index in [-0.39, 0.29) is 13.8 Å². The Bertz CT molecular complexity index is 500. The number of halogens is 14. The molecule has 0 aliphatic heterocycles. The van der Waals surface area contributed by atoms with Crippen molar-refractivity contribution in [2.75, 3.05) is 0 Å². The molecule has 0 amide bonds. The molecule has 14 heteroatoms. The van der Waals surface area contributed by atoms with Crippen LogP contribution in [0.5, 0.6) is 0 Å². The molecule has 0 bridgehead atoms. The molecule has 0 aliphatic rings. The van der Waals surface area contributed by atoms with Crippen molar-refractivity contribution in [2.45, 2.75) is 81.0 Å². The van der Waals surface area contributed by atoms with Gasteiger partial charge in [-0.2, -0.15) is 30.7 Å². The monoisotopic (exact) mass is 436 g/mol. The highest BCUT2D eigenvalue weighted by molar-refractivity contribution is 5.08. The van der Waals surface area contributed by atoms with Crippen LogP contribution in [0.4, 0.5) is 61.5 Å². The maximum atomic E-state index is 13.9. The zero-order valence-corrected chi connectivity index (χ0v) is 13.6. The second-order valence-electron chi connectivity index (χ2n) is 6.24. The Morgan fingerprint density at radius 2 is 0.926 bits per heavy atom. The van der Waals surface area contributed by atoms with Gasteiger partial charge in [0.15, 0.2) is 0 Å². The van der Waals surface area contributed by atoms with Crippen LogP contribution in [0.25, 0.3) is 0 Å². The van der Waals surface area contributed by atoms with Gasteiger partial charge in [0.1, 0.15) is 0 Å². The van der Waals surface area contributed by atoms with E-state index in [0.717, 1.165) is 0 Å². The van der Waals surface area contributed by atoms with Crippen molar-refractivity contribution in [3.63, 3.8) is 0 Å². The molecule has 0 aromatic heterocycles. The molecule has 164 valence electrons. The van der Waals surface area contributed by atoms with Crippen LogP contribution in [0.15, 0.2) is 0 Å². The van der Waals surface area contributed by atoms with Crippen LogP contribution in [0.1, 0.15) is 39.5 Å². The molecule has 0 rings (SSSR count). The van der Waals surface area contributed by atoms with Gasteiger partial charge in [-0.1, -0.05) is 6.92 Å². The van der Waals surface area contributed by atoms with E-state index in [0.29, 0.717) is 0 Å². The lowest BCUT2D eigenvalue weighted by atomic mass is 9.83. The van der Waals surface area contributed by atoms with Crippen LogP contribution in [-0.4, -0.2) is 41.5 Å². The second kappa shape index (κ2) is 7.12. The molecule has 0 nitrogen and oxygen atoms in total. The fourth-order valence-corrected chi connectivity index (χ4v) is 2.22. The molecule has 0 saturated carbocycles. The van der Waals surface area contributed by atoms with E-state index in [4.69, 9.17) is 0 Å². The Labute approximate surface area is 143 Å². The molecule has 0 radical (unpaired) electrons. The van der Waals surface area contributed by atoms with Gasteiger partial charge in [0, 0.05) is 6.42 Å². The molecular formula is C13H14F14. The quantitative estimate of drug-likeness (QED) is 0.341. The van der Waals surface area contributed by atoms with E-state index in [1.807, 2.05) is 0 Å². The van der Waals surface area contributed by atoms with E-state index in [1.165, 1.54) is 0 Å². The lowest BCUT2D eigenvalue weighted by molar-refractivity contribution is -0.366. The van der Waals surface area contributed by atoms with E-state index >= 15 is 0 Å². The van der Waals surface area contributed by atoms with Crippen LogP contribution in [0, 0.1) is 0 Å². The number of hydrogen-bond acceptors (Lipinski definition) is 0. The lowest BCUT2D eigenvalue weighted by Crippen LogP contribution is -2.65. The zero-order chi connectivity index (χ0) is 22.3. The first-order valence-electron chi connectivity index (χ1n) is 7.08. The summed E-state index contributed by atoms with van der Waals surface area (Å²) in [6, 6.07) is 0. The van der Waals surface area contributed by atoms with Crippen LogP contribution in [0.3, 0.4) is 0 Å². The standard InChI is InChI=1S/C13H14F14/c1-3-11(21,22)12(23,24)10(20,13(25,26)27)6-9(18,19)5-8(16,17)4-7(2,14)15/h3-6H2,1-2H3/t10-/m1/s1. The molecule has 0 heterocycles. The van der Waals surface area contributed by atoms with Crippen molar-refractivity contribution in [1.82, 2.24) is 0 Å². The van der Waals surface area contributed by atoms with Gasteiger partial charge in [0.05, 0.1) is 19.3 Å². The van der Waals surface area contributed by atoms with E-state index in [2.05, 4.69) is 0 Å². The SMILES string of the molecule is CCC(F)(F)C(F)(F)[C@](F)(CC(F)(F)CC(F)(F)CC(C)(F)F)C(F)(F)F. The van der Waals surface area contributed by atoms with Gasteiger partial charge in [0.25, 0.3) is 23.4 Å². The number of rotatable bonds is 9. The first-order valence-corrected chi connectivity index (χ1v) is 7.08. The summed E-state index contributed by atoms with van der Waals surface area (Å²) in [6.45, 7) is 0.0600. The summed E-state index contributed by atoms with van der Waals surface area (Å²) >= 11 is 0. The van der Waals surface area contributed by atoms with Gasteiger partial charge >= 0.3 is 18.0 Å². The van der Waals surface area contributed by atoms with Crippen LogP contribution in [0.2, 0.25) is 0 Å². The van der Waals surface area contributed by atoms with Crippen LogP contribution in [-0.2, 0) is 0 Å². The molecule has 0 aromatic rings. The predicted octanol–water partition coefficient (Wildman–Crippen LogP) is 7.03. The van der Waals surface area contributed by atoms with Crippen molar-refractivity contribution in [3.8, 4) is 0 Å². The highest BCUT2D eigenvalue weighted by atomic mass is 19.4. The predicted molar refractivity (Wildman–Crippen MR) is 64.4 cm³/mol. The van der Waals surface area contributed by atoms with Gasteiger partial charge in [-0.25, -0.2) is 30.7 Å². The minimum Gasteiger partial charge on any atom is -0.226 e. The molecule has 0 aromatic carbocycles. The summed E-state index contributed by atoms with van der Waals surface area (Å²) in [4.78, 5) is 0. The minimum absolute atomic E-state index is 0.149. The van der Waals surface area contributed by atoms with E-state index in [1.54, 1.807) is 0 Å². The van der Waals surface area contributed by atoms with Crippen molar-refractivity contribution in [1.29, 1.82) is 0 Å². The van der Waals surface area contributed by atoms with Crippen LogP contribution >= 0.6 is 0 Å². The molecule has 0 spiro atoms. The molecular weight excluding hydrogens is 422 g/mol. The highest BCUT2D eigenvalue weighted by Crippen LogP contribution is 2.57. The number of alkyl halides is 14. The zero-order valence-electron chi connectivity index (χ0n) is 13.6. The van der Waals surface area contributed by atoms with Gasteiger partial charge in [-0.3, -0.25) is 0 Å². The normalized spacial score (nSPS) is 17.8. The van der Waals surface area contributed by atoms with Gasteiger partial charge in [-0.05, 0) is 6.92 Å². The lowest BCUT2D eigenvalue weighted by Gasteiger charge is -2.40. The average Bonchev–Trinajstić information content (AvgIpc) is 2.31. The molecule has 27 heavy (non-hydrogen) atoms. The Morgan fingerprint density at radius 1 is 0.556 bits per heavy atom. The smallest absolute Gasteiger partial charge is 0.226 e. The second-order valence-corrected chi connectivity index (χ2v) is 6.24. The van der Waals surface area contributed by atoms with Crippen molar-refractivity contribution >= 4 is 0 Å². The third-order valence-electron chi connectivity index (χ3n) is 3.44. The summed E-state index contributed by atoms with van der Waals surface area (Å²) in [6.07, 6.45) is -18.7. The molecule has 0 aliphatic carbocycles. The summed E-state index contributed by atoms with van der Waals surface area (Å²) in [5.74, 6) is -27.6. The Morgan fingerprint density at radius 3 is 1.22 bits per heavy atom. The number of hydrogen-bond donors (Lipinski definition) is 0. The first-order chi connectivity index (χ1) is 11.4. The Hall–Kier alpha value is -0.980. The summed E-state index contributed by atoms with van der Waals surface area (Å²) < 4.78 is 184. The van der Waals surface area contributed by atoms with Gasteiger partial charge in [0.2, 0.25) is 0 Å². The van der Waals surface area contributed by atoms with E-state index < -0.39 is 67.1 Å². The third kappa shape index (κ3) is 6.00. The molecule has 0 N–H and O–H groups in total. The highest BCUT2D eigenvalue weighted by Gasteiger charge is 2.80. The fraction of sp³-hybridized carbons (Fsp3) is 1.00. The largest absolute Gasteiger partial charge is 0.429 e. The molecule has 1 atom stereocenters. The molecule has 0 unspecified atom stereocenters. The average molecular weight is 436 g/mol. The molecule has 0 fully saturated rings. The third-order valence-corrected chi connectivity index (χ3v) is 3.44. The molecule has 0 saturated heterocycles. The van der Waals surface area contributed by atoms with Gasteiger partial charge in [-0.15, -0.1) is 0 Å². The van der Waals surface area contributed by atoms with Crippen molar-refractivity contribution < 1.29 is 61.5 Å². The van der Waals surface area contributed by atoms with E-state index in [9.17, 15) is 61.5 Å². The first kappa shape index (κ1) is 26.0. The minimum atomic E-state index is -7.01. The maximum Gasteiger partial charge on any atom is 0.429 e. The van der Waals surface area contributed by atoms with Crippen molar-refractivity contribution in [2.24, 2.45) is 0 Å².